The van der Waals surface area contributed by atoms with E-state index in [0.29, 0.717) is 12.0 Å². The first kappa shape index (κ1) is 13.4. The molecule has 2 unspecified atom stereocenters. The molecular formula is C16H17NO2S. The Balaban J connectivity index is 2.04. The zero-order valence-electron chi connectivity index (χ0n) is 11.5. The first-order chi connectivity index (χ1) is 9.52. The van der Waals surface area contributed by atoms with E-state index in [1.165, 1.54) is 0 Å². The van der Waals surface area contributed by atoms with Crippen molar-refractivity contribution in [1.82, 2.24) is 0 Å². The van der Waals surface area contributed by atoms with Crippen LogP contribution in [0.15, 0.2) is 24.3 Å². The second-order valence-corrected chi connectivity index (χ2v) is 8.17. The van der Waals surface area contributed by atoms with Crippen LogP contribution in [0, 0.1) is 18.3 Å². The van der Waals surface area contributed by atoms with Gasteiger partial charge in [-0.25, -0.2) is 8.42 Å². The van der Waals surface area contributed by atoms with E-state index >= 15 is 0 Å². The SMILES string of the molecule is Cc1ccc(C2=CC3CCCC(C2)S3(=O)=O)cc1C#N. The molecule has 3 rings (SSSR count). The van der Waals surface area contributed by atoms with Gasteiger partial charge in [0.05, 0.1) is 22.1 Å². The van der Waals surface area contributed by atoms with Crippen molar-refractivity contribution in [1.29, 1.82) is 5.26 Å². The Morgan fingerprint density at radius 3 is 2.80 bits per heavy atom. The number of fused-ring (bicyclic) bond motifs is 2. The molecule has 2 bridgehead atoms. The molecule has 4 heteroatoms. The maximum absolute atomic E-state index is 12.3. The summed E-state index contributed by atoms with van der Waals surface area (Å²) in [5.41, 5.74) is 3.72. The summed E-state index contributed by atoms with van der Waals surface area (Å²) in [4.78, 5) is 0. The fraction of sp³-hybridized carbons (Fsp3) is 0.438. The normalized spacial score (nSPS) is 27.5. The Morgan fingerprint density at radius 1 is 1.30 bits per heavy atom. The Hall–Kier alpha value is -1.60. The highest BCUT2D eigenvalue weighted by molar-refractivity contribution is 7.93. The molecule has 20 heavy (non-hydrogen) atoms. The Kier molecular flexibility index (Phi) is 3.18. The van der Waals surface area contributed by atoms with Gasteiger partial charge >= 0.3 is 0 Å². The molecule has 104 valence electrons. The van der Waals surface area contributed by atoms with Crippen LogP contribution in [-0.4, -0.2) is 18.9 Å². The summed E-state index contributed by atoms with van der Waals surface area (Å²) in [5.74, 6) is 0. The number of rotatable bonds is 1. The van der Waals surface area contributed by atoms with Gasteiger partial charge in [-0.05, 0) is 49.0 Å². The van der Waals surface area contributed by atoms with Gasteiger partial charge in [0.25, 0.3) is 0 Å². The average Bonchev–Trinajstić information content (AvgIpc) is 2.38. The number of benzene rings is 1. The lowest BCUT2D eigenvalue weighted by Crippen LogP contribution is -2.38. The summed E-state index contributed by atoms with van der Waals surface area (Å²) >= 11 is 0. The quantitative estimate of drug-likeness (QED) is 0.798. The van der Waals surface area contributed by atoms with Crippen LogP contribution >= 0.6 is 0 Å². The minimum absolute atomic E-state index is 0.229. The molecule has 1 aromatic rings. The van der Waals surface area contributed by atoms with Crippen molar-refractivity contribution in [2.24, 2.45) is 0 Å². The van der Waals surface area contributed by atoms with Gasteiger partial charge in [0.1, 0.15) is 0 Å². The maximum Gasteiger partial charge on any atom is 0.159 e. The molecule has 1 aromatic carbocycles. The predicted octanol–water partition coefficient (Wildman–Crippen LogP) is 2.99. The number of allylic oxidation sites excluding steroid dienone is 1. The lowest BCUT2D eigenvalue weighted by molar-refractivity contribution is 0.518. The van der Waals surface area contributed by atoms with Gasteiger partial charge in [-0.3, -0.25) is 0 Å². The molecule has 0 N–H and O–H groups in total. The third kappa shape index (κ3) is 2.06. The van der Waals surface area contributed by atoms with Gasteiger partial charge in [-0.15, -0.1) is 0 Å². The van der Waals surface area contributed by atoms with E-state index in [-0.39, 0.29) is 10.5 Å². The minimum Gasteiger partial charge on any atom is -0.228 e. The molecule has 3 nitrogen and oxygen atoms in total. The molecule has 0 amide bonds. The van der Waals surface area contributed by atoms with Crippen molar-refractivity contribution in [2.75, 3.05) is 0 Å². The molecule has 2 heterocycles. The fourth-order valence-electron chi connectivity index (χ4n) is 3.21. The molecule has 0 radical (unpaired) electrons. The standard InChI is InChI=1S/C16H17NO2S/c1-11-5-6-12(7-14(11)10-17)13-8-15-3-2-4-16(9-13)20(15,18)19/h5-8,15-16H,2-4,9H2,1H3. The van der Waals surface area contributed by atoms with Gasteiger partial charge in [-0.1, -0.05) is 24.6 Å². The highest BCUT2D eigenvalue weighted by atomic mass is 32.2. The van der Waals surface area contributed by atoms with Crippen molar-refractivity contribution in [3.8, 4) is 6.07 Å². The van der Waals surface area contributed by atoms with E-state index in [4.69, 9.17) is 5.26 Å². The lowest BCUT2D eigenvalue weighted by Gasteiger charge is -2.33. The molecule has 2 atom stereocenters. The van der Waals surface area contributed by atoms with Crippen molar-refractivity contribution in [3.05, 3.63) is 41.0 Å². The summed E-state index contributed by atoms with van der Waals surface area (Å²) in [6.07, 6.45) is 5.01. The summed E-state index contributed by atoms with van der Waals surface area (Å²) in [5, 5.41) is 8.57. The van der Waals surface area contributed by atoms with Gasteiger partial charge in [0, 0.05) is 0 Å². The van der Waals surface area contributed by atoms with Crippen LogP contribution in [0.2, 0.25) is 0 Å². The number of hydrogen-bond acceptors (Lipinski definition) is 3. The van der Waals surface area contributed by atoms with E-state index in [0.717, 1.165) is 36.0 Å². The number of nitriles is 1. The first-order valence-electron chi connectivity index (χ1n) is 6.97. The van der Waals surface area contributed by atoms with Crippen LogP contribution in [0.4, 0.5) is 0 Å². The van der Waals surface area contributed by atoms with Crippen LogP contribution in [0.5, 0.6) is 0 Å². The Morgan fingerprint density at radius 2 is 2.10 bits per heavy atom. The van der Waals surface area contributed by atoms with Crippen molar-refractivity contribution < 1.29 is 8.42 Å². The fourth-order valence-corrected chi connectivity index (χ4v) is 5.46. The third-order valence-corrected chi connectivity index (χ3v) is 7.01. The average molecular weight is 287 g/mol. The monoisotopic (exact) mass is 287 g/mol. The molecule has 0 spiro atoms. The number of hydrogen-bond donors (Lipinski definition) is 0. The third-order valence-electron chi connectivity index (χ3n) is 4.46. The summed E-state index contributed by atoms with van der Waals surface area (Å²) in [6, 6.07) is 8.01. The van der Waals surface area contributed by atoms with Gasteiger partial charge in [0.2, 0.25) is 0 Å². The van der Waals surface area contributed by atoms with Crippen molar-refractivity contribution in [3.63, 3.8) is 0 Å². The van der Waals surface area contributed by atoms with E-state index in [2.05, 4.69) is 6.07 Å². The van der Waals surface area contributed by atoms with Gasteiger partial charge in [-0.2, -0.15) is 5.26 Å². The minimum atomic E-state index is -2.97. The smallest absolute Gasteiger partial charge is 0.159 e. The summed E-state index contributed by atoms with van der Waals surface area (Å²) in [7, 11) is -2.97. The van der Waals surface area contributed by atoms with E-state index < -0.39 is 9.84 Å². The van der Waals surface area contributed by atoms with Crippen molar-refractivity contribution in [2.45, 2.75) is 43.1 Å². The van der Waals surface area contributed by atoms with Crippen LogP contribution in [0.3, 0.4) is 0 Å². The van der Waals surface area contributed by atoms with Crippen LogP contribution in [-0.2, 0) is 9.84 Å². The zero-order valence-corrected chi connectivity index (χ0v) is 12.3. The second kappa shape index (κ2) is 4.75. The molecule has 2 aliphatic rings. The summed E-state index contributed by atoms with van der Waals surface area (Å²) < 4.78 is 24.5. The molecule has 0 aromatic heterocycles. The second-order valence-electron chi connectivity index (χ2n) is 5.72. The van der Waals surface area contributed by atoms with Crippen molar-refractivity contribution >= 4 is 15.4 Å². The summed E-state index contributed by atoms with van der Waals surface area (Å²) in [6.45, 7) is 1.91. The van der Waals surface area contributed by atoms with E-state index in [1.54, 1.807) is 0 Å². The number of nitrogens with zero attached hydrogens (tertiary/aromatic N) is 1. The zero-order chi connectivity index (χ0) is 14.3. The molecule has 0 aliphatic carbocycles. The highest BCUT2D eigenvalue weighted by Gasteiger charge is 2.40. The Labute approximate surface area is 119 Å². The predicted molar refractivity (Wildman–Crippen MR) is 78.8 cm³/mol. The lowest BCUT2D eigenvalue weighted by atomic mass is 9.92. The number of aryl methyl sites for hydroxylation is 1. The molecule has 1 saturated heterocycles. The largest absolute Gasteiger partial charge is 0.228 e. The first-order valence-corrected chi connectivity index (χ1v) is 8.58. The molecule has 2 aliphatic heterocycles. The molecule has 1 fully saturated rings. The van der Waals surface area contributed by atoms with Crippen LogP contribution < -0.4 is 0 Å². The van der Waals surface area contributed by atoms with Crippen LogP contribution in [0.1, 0.15) is 42.4 Å². The number of sulfone groups is 1. The van der Waals surface area contributed by atoms with E-state index in [1.807, 2.05) is 31.2 Å². The Bertz CT molecular complexity index is 725. The maximum atomic E-state index is 12.3. The highest BCUT2D eigenvalue weighted by Crippen LogP contribution is 2.39. The van der Waals surface area contributed by atoms with Gasteiger partial charge in [0.15, 0.2) is 9.84 Å². The topological polar surface area (TPSA) is 57.9 Å². The molecular weight excluding hydrogens is 270 g/mol. The van der Waals surface area contributed by atoms with Crippen LogP contribution in [0.25, 0.3) is 5.57 Å². The molecule has 0 saturated carbocycles. The van der Waals surface area contributed by atoms with Gasteiger partial charge < -0.3 is 0 Å². The van der Waals surface area contributed by atoms with E-state index in [9.17, 15) is 8.42 Å².